The van der Waals surface area contributed by atoms with Crippen molar-refractivity contribution in [2.75, 3.05) is 40.3 Å². The summed E-state index contributed by atoms with van der Waals surface area (Å²) in [5, 5.41) is 0. The van der Waals surface area contributed by atoms with Crippen molar-refractivity contribution < 1.29 is 4.74 Å². The Bertz CT molecular complexity index is 231. The number of ether oxygens (including phenoxy) is 1. The number of piperazine rings is 1. The monoisotopic (exact) mass is 241 g/mol. The van der Waals surface area contributed by atoms with E-state index in [4.69, 9.17) is 10.5 Å². The summed E-state index contributed by atoms with van der Waals surface area (Å²) in [6.07, 6.45) is 5.16. The van der Waals surface area contributed by atoms with Crippen molar-refractivity contribution in [3.8, 4) is 0 Å². The minimum absolute atomic E-state index is 0.284. The summed E-state index contributed by atoms with van der Waals surface area (Å²) in [7, 11) is 4.39. The first kappa shape index (κ1) is 13.3. The van der Waals surface area contributed by atoms with Crippen LogP contribution in [0.4, 0.5) is 0 Å². The summed E-state index contributed by atoms with van der Waals surface area (Å²) in [5.74, 6) is 0. The van der Waals surface area contributed by atoms with Crippen LogP contribution >= 0.6 is 0 Å². The summed E-state index contributed by atoms with van der Waals surface area (Å²) in [6.45, 7) is 4.34. The SMILES string of the molecule is CN1CCN(C)C(C(N)CCC2CCCO2)C1. The van der Waals surface area contributed by atoms with E-state index in [9.17, 15) is 0 Å². The van der Waals surface area contributed by atoms with Crippen LogP contribution in [0.15, 0.2) is 0 Å². The lowest BCUT2D eigenvalue weighted by Crippen LogP contribution is -2.57. The van der Waals surface area contributed by atoms with Gasteiger partial charge >= 0.3 is 0 Å². The summed E-state index contributed by atoms with van der Waals surface area (Å²) in [5.41, 5.74) is 6.36. The average Bonchev–Trinajstić information content (AvgIpc) is 2.82. The average molecular weight is 241 g/mol. The molecule has 3 atom stereocenters. The Kier molecular flexibility index (Phi) is 4.79. The minimum Gasteiger partial charge on any atom is -0.378 e. The van der Waals surface area contributed by atoms with Gasteiger partial charge in [0.2, 0.25) is 0 Å². The number of rotatable bonds is 4. The maximum Gasteiger partial charge on any atom is 0.0576 e. The first-order valence-electron chi connectivity index (χ1n) is 6.93. The van der Waals surface area contributed by atoms with Crippen LogP contribution in [0.3, 0.4) is 0 Å². The Morgan fingerprint density at radius 1 is 1.35 bits per heavy atom. The standard InChI is InChI=1S/C13H27N3O/c1-15-7-8-16(2)13(10-15)12(14)6-5-11-4-3-9-17-11/h11-13H,3-10,14H2,1-2H3. The zero-order chi connectivity index (χ0) is 12.3. The van der Waals surface area contributed by atoms with Crippen LogP contribution in [-0.4, -0.2) is 68.3 Å². The molecule has 0 radical (unpaired) electrons. The van der Waals surface area contributed by atoms with Gasteiger partial charge in [-0.1, -0.05) is 0 Å². The van der Waals surface area contributed by atoms with Gasteiger partial charge in [-0.2, -0.15) is 0 Å². The summed E-state index contributed by atoms with van der Waals surface area (Å²) in [4.78, 5) is 4.80. The third kappa shape index (κ3) is 3.65. The molecule has 0 bridgehead atoms. The molecule has 3 unspecified atom stereocenters. The van der Waals surface area contributed by atoms with Crippen LogP contribution < -0.4 is 5.73 Å². The fourth-order valence-corrected chi connectivity index (χ4v) is 2.95. The lowest BCUT2D eigenvalue weighted by molar-refractivity contribution is 0.0771. The van der Waals surface area contributed by atoms with E-state index in [1.54, 1.807) is 0 Å². The van der Waals surface area contributed by atoms with Crippen molar-refractivity contribution in [2.45, 2.75) is 43.9 Å². The second-order valence-electron chi connectivity index (χ2n) is 5.69. The Morgan fingerprint density at radius 3 is 2.88 bits per heavy atom. The highest BCUT2D eigenvalue weighted by molar-refractivity contribution is 4.87. The van der Waals surface area contributed by atoms with E-state index >= 15 is 0 Å². The molecule has 0 aromatic heterocycles. The van der Waals surface area contributed by atoms with Gasteiger partial charge in [-0.05, 0) is 39.8 Å². The topological polar surface area (TPSA) is 41.7 Å². The van der Waals surface area contributed by atoms with Crippen LogP contribution in [0.1, 0.15) is 25.7 Å². The van der Waals surface area contributed by atoms with Gasteiger partial charge in [-0.25, -0.2) is 0 Å². The molecule has 2 fully saturated rings. The maximum atomic E-state index is 6.36. The van der Waals surface area contributed by atoms with Crippen LogP contribution in [0.5, 0.6) is 0 Å². The van der Waals surface area contributed by atoms with Crippen LogP contribution in [0, 0.1) is 0 Å². The van der Waals surface area contributed by atoms with E-state index in [0.29, 0.717) is 12.1 Å². The van der Waals surface area contributed by atoms with Gasteiger partial charge in [0.1, 0.15) is 0 Å². The maximum absolute atomic E-state index is 6.36. The van der Waals surface area contributed by atoms with Gasteiger partial charge in [0.05, 0.1) is 6.10 Å². The van der Waals surface area contributed by atoms with Crippen LogP contribution in [0.25, 0.3) is 0 Å². The molecular weight excluding hydrogens is 214 g/mol. The third-order valence-electron chi connectivity index (χ3n) is 4.24. The highest BCUT2D eigenvalue weighted by Crippen LogP contribution is 2.19. The predicted molar refractivity (Wildman–Crippen MR) is 70.1 cm³/mol. The zero-order valence-corrected chi connectivity index (χ0v) is 11.3. The molecule has 100 valence electrons. The van der Waals surface area contributed by atoms with Gasteiger partial charge in [0, 0.05) is 38.3 Å². The highest BCUT2D eigenvalue weighted by Gasteiger charge is 2.28. The van der Waals surface area contributed by atoms with Crippen molar-refractivity contribution in [2.24, 2.45) is 5.73 Å². The Hall–Kier alpha value is -0.160. The summed E-state index contributed by atoms with van der Waals surface area (Å²) in [6, 6.07) is 0.794. The van der Waals surface area contributed by atoms with Crippen molar-refractivity contribution in [3.05, 3.63) is 0 Å². The predicted octanol–water partition coefficient (Wildman–Crippen LogP) is 0.519. The van der Waals surface area contributed by atoms with E-state index < -0.39 is 0 Å². The van der Waals surface area contributed by atoms with Crippen molar-refractivity contribution in [1.82, 2.24) is 9.80 Å². The molecule has 2 heterocycles. The Labute approximate surface area is 105 Å². The van der Waals surface area contributed by atoms with Gasteiger partial charge < -0.3 is 15.4 Å². The molecule has 0 aliphatic carbocycles. The lowest BCUT2D eigenvalue weighted by atomic mass is 9.98. The highest BCUT2D eigenvalue weighted by atomic mass is 16.5. The number of nitrogens with zero attached hydrogens (tertiary/aromatic N) is 2. The second-order valence-corrected chi connectivity index (χ2v) is 5.69. The van der Waals surface area contributed by atoms with Crippen molar-refractivity contribution >= 4 is 0 Å². The smallest absolute Gasteiger partial charge is 0.0576 e. The number of nitrogens with two attached hydrogens (primary N) is 1. The number of likely N-dealkylation sites (N-methyl/N-ethyl adjacent to an activating group) is 2. The van der Waals surface area contributed by atoms with Gasteiger partial charge in [-0.3, -0.25) is 4.90 Å². The molecule has 0 amide bonds. The van der Waals surface area contributed by atoms with E-state index in [1.807, 2.05) is 0 Å². The minimum atomic E-state index is 0.284. The second kappa shape index (κ2) is 6.14. The van der Waals surface area contributed by atoms with Gasteiger partial charge in [0.15, 0.2) is 0 Å². The molecule has 4 nitrogen and oxygen atoms in total. The zero-order valence-electron chi connectivity index (χ0n) is 11.3. The molecule has 2 aliphatic rings. The molecule has 2 aliphatic heterocycles. The number of hydrogen-bond acceptors (Lipinski definition) is 4. The van der Waals surface area contributed by atoms with Crippen molar-refractivity contribution in [3.63, 3.8) is 0 Å². The molecular formula is C13H27N3O. The lowest BCUT2D eigenvalue weighted by Gasteiger charge is -2.40. The Morgan fingerprint density at radius 2 is 2.18 bits per heavy atom. The quantitative estimate of drug-likeness (QED) is 0.779. The first-order valence-corrected chi connectivity index (χ1v) is 6.93. The molecule has 4 heteroatoms. The van der Waals surface area contributed by atoms with Gasteiger partial charge in [-0.15, -0.1) is 0 Å². The molecule has 17 heavy (non-hydrogen) atoms. The van der Waals surface area contributed by atoms with Crippen LogP contribution in [-0.2, 0) is 4.74 Å². The molecule has 2 rings (SSSR count). The van der Waals surface area contributed by atoms with E-state index in [2.05, 4.69) is 23.9 Å². The largest absolute Gasteiger partial charge is 0.378 e. The molecule has 0 saturated carbocycles. The van der Waals surface area contributed by atoms with E-state index in [0.717, 1.165) is 39.1 Å². The molecule has 2 saturated heterocycles. The van der Waals surface area contributed by atoms with E-state index in [1.165, 1.54) is 12.8 Å². The van der Waals surface area contributed by atoms with Gasteiger partial charge in [0.25, 0.3) is 0 Å². The first-order chi connectivity index (χ1) is 8.16. The number of hydrogen-bond donors (Lipinski definition) is 1. The molecule has 0 spiro atoms. The molecule has 0 aromatic carbocycles. The summed E-state index contributed by atoms with van der Waals surface area (Å²) >= 11 is 0. The van der Waals surface area contributed by atoms with E-state index in [-0.39, 0.29) is 6.04 Å². The molecule has 0 aromatic rings. The van der Waals surface area contributed by atoms with Crippen LogP contribution in [0.2, 0.25) is 0 Å². The fraction of sp³-hybridized carbons (Fsp3) is 1.00. The fourth-order valence-electron chi connectivity index (χ4n) is 2.95. The van der Waals surface area contributed by atoms with Crippen molar-refractivity contribution in [1.29, 1.82) is 0 Å². The third-order valence-corrected chi connectivity index (χ3v) is 4.24. The molecule has 2 N–H and O–H groups in total. The normalized spacial score (nSPS) is 34.1. The summed E-state index contributed by atoms with van der Waals surface area (Å²) < 4.78 is 5.66. The Balaban J connectivity index is 1.75.